The van der Waals surface area contributed by atoms with E-state index in [2.05, 4.69) is 30.8 Å². The fourth-order valence-corrected chi connectivity index (χ4v) is 3.65. The van der Waals surface area contributed by atoms with Crippen molar-refractivity contribution < 1.29 is 9.53 Å². The number of rotatable bonds is 4. The molecule has 3 aromatic rings. The second kappa shape index (κ2) is 8.80. The van der Waals surface area contributed by atoms with Crippen LogP contribution in [-0.2, 0) is 0 Å². The molecule has 0 spiro atoms. The minimum absolute atomic E-state index is 0.0368. The molecule has 1 aliphatic rings. The molecule has 2 aromatic heterocycles. The first-order chi connectivity index (χ1) is 14.1. The molecule has 4 rings (SSSR count). The molecular formula is C21H18BrClN4O2. The van der Waals surface area contributed by atoms with Gasteiger partial charge >= 0.3 is 0 Å². The minimum atomic E-state index is -0.0368. The fourth-order valence-electron chi connectivity index (χ4n) is 3.11. The van der Waals surface area contributed by atoms with Crippen LogP contribution in [0.15, 0.2) is 65.3 Å². The van der Waals surface area contributed by atoms with Crippen molar-refractivity contribution >= 4 is 39.3 Å². The van der Waals surface area contributed by atoms with Gasteiger partial charge in [-0.15, -0.1) is 0 Å². The molecule has 6 nitrogen and oxygen atoms in total. The van der Waals surface area contributed by atoms with Crippen molar-refractivity contribution in [2.75, 3.05) is 31.1 Å². The average molecular weight is 474 g/mol. The minimum Gasteiger partial charge on any atom is -0.439 e. The van der Waals surface area contributed by atoms with Gasteiger partial charge in [-0.25, -0.2) is 9.97 Å². The molecule has 8 heteroatoms. The van der Waals surface area contributed by atoms with Crippen LogP contribution in [0.5, 0.6) is 11.6 Å². The van der Waals surface area contributed by atoms with Crippen molar-refractivity contribution in [1.29, 1.82) is 0 Å². The number of halogens is 2. The van der Waals surface area contributed by atoms with Crippen LogP contribution in [0.4, 0.5) is 5.82 Å². The van der Waals surface area contributed by atoms with Crippen LogP contribution in [0.1, 0.15) is 10.4 Å². The summed E-state index contributed by atoms with van der Waals surface area (Å²) in [4.78, 5) is 25.4. The SMILES string of the molecule is O=C(c1ccc(Oc2cccc(Br)c2)nc1)N1CCN(c2cccc(Cl)n2)CC1. The van der Waals surface area contributed by atoms with E-state index in [1.807, 2.05) is 41.3 Å². The molecule has 0 radical (unpaired) electrons. The van der Waals surface area contributed by atoms with Crippen LogP contribution in [0, 0.1) is 0 Å². The van der Waals surface area contributed by atoms with Crippen molar-refractivity contribution in [2.24, 2.45) is 0 Å². The van der Waals surface area contributed by atoms with Crippen LogP contribution in [0.2, 0.25) is 5.15 Å². The molecule has 1 fully saturated rings. The van der Waals surface area contributed by atoms with Crippen molar-refractivity contribution in [2.45, 2.75) is 0 Å². The summed E-state index contributed by atoms with van der Waals surface area (Å²) in [5, 5.41) is 0.470. The summed E-state index contributed by atoms with van der Waals surface area (Å²) in [6.07, 6.45) is 1.56. The van der Waals surface area contributed by atoms with Crippen molar-refractivity contribution in [3.63, 3.8) is 0 Å². The Morgan fingerprint density at radius 2 is 1.83 bits per heavy atom. The first kappa shape index (κ1) is 19.7. The van der Waals surface area contributed by atoms with Gasteiger partial charge in [-0.1, -0.05) is 39.7 Å². The zero-order valence-electron chi connectivity index (χ0n) is 15.5. The highest BCUT2D eigenvalue weighted by Gasteiger charge is 2.23. The van der Waals surface area contributed by atoms with E-state index in [4.69, 9.17) is 16.3 Å². The van der Waals surface area contributed by atoms with Crippen LogP contribution >= 0.6 is 27.5 Å². The number of benzene rings is 1. The van der Waals surface area contributed by atoms with E-state index in [9.17, 15) is 4.79 Å². The third-order valence-electron chi connectivity index (χ3n) is 4.59. The molecule has 0 atom stereocenters. The lowest BCUT2D eigenvalue weighted by atomic mass is 10.2. The lowest BCUT2D eigenvalue weighted by Crippen LogP contribution is -2.49. The number of pyridine rings is 2. The quantitative estimate of drug-likeness (QED) is 0.516. The van der Waals surface area contributed by atoms with E-state index in [-0.39, 0.29) is 5.91 Å². The van der Waals surface area contributed by atoms with Crippen molar-refractivity contribution in [1.82, 2.24) is 14.9 Å². The van der Waals surface area contributed by atoms with Crippen molar-refractivity contribution in [3.05, 3.63) is 76.0 Å². The van der Waals surface area contributed by atoms with Gasteiger partial charge in [-0.3, -0.25) is 4.79 Å². The van der Waals surface area contributed by atoms with Gasteiger partial charge in [0.05, 0.1) is 5.56 Å². The lowest BCUT2D eigenvalue weighted by molar-refractivity contribution is 0.0746. The van der Waals surface area contributed by atoms with Gasteiger partial charge in [0.1, 0.15) is 16.7 Å². The van der Waals surface area contributed by atoms with Gasteiger partial charge in [-0.05, 0) is 36.4 Å². The molecule has 1 aromatic carbocycles. The zero-order valence-corrected chi connectivity index (χ0v) is 17.8. The number of hydrogen-bond acceptors (Lipinski definition) is 5. The second-order valence-corrected chi connectivity index (χ2v) is 7.85. The Bertz CT molecular complexity index is 1010. The topological polar surface area (TPSA) is 58.6 Å². The number of carbonyl (C=O) groups is 1. The highest BCUT2D eigenvalue weighted by molar-refractivity contribution is 9.10. The van der Waals surface area contributed by atoms with Gasteiger partial charge < -0.3 is 14.5 Å². The summed E-state index contributed by atoms with van der Waals surface area (Å²) < 4.78 is 6.65. The Kier molecular flexibility index (Phi) is 5.97. The summed E-state index contributed by atoms with van der Waals surface area (Å²) in [5.74, 6) is 1.92. The monoisotopic (exact) mass is 472 g/mol. The van der Waals surface area contributed by atoms with Gasteiger partial charge in [0.25, 0.3) is 5.91 Å². The smallest absolute Gasteiger partial charge is 0.255 e. The summed E-state index contributed by atoms with van der Waals surface area (Å²) >= 11 is 9.38. The standard InChI is InChI=1S/C21H18BrClN4O2/c22-16-3-1-4-17(13-16)29-20-8-7-15(14-24-20)21(28)27-11-9-26(10-12-27)19-6-2-5-18(23)25-19/h1-8,13-14H,9-12H2. The molecule has 3 heterocycles. The third-order valence-corrected chi connectivity index (χ3v) is 5.30. The Labute approximate surface area is 182 Å². The van der Waals surface area contributed by atoms with E-state index < -0.39 is 0 Å². The maximum Gasteiger partial charge on any atom is 0.255 e. The normalized spacial score (nSPS) is 14.0. The zero-order chi connectivity index (χ0) is 20.2. The first-order valence-corrected chi connectivity index (χ1v) is 10.3. The molecule has 29 heavy (non-hydrogen) atoms. The maximum absolute atomic E-state index is 12.8. The summed E-state index contributed by atoms with van der Waals surface area (Å²) in [5.41, 5.74) is 0.543. The molecular weight excluding hydrogens is 456 g/mol. The molecule has 0 unspecified atom stereocenters. The Balaban J connectivity index is 1.36. The number of piperazine rings is 1. The summed E-state index contributed by atoms with van der Waals surface area (Å²) in [7, 11) is 0. The second-order valence-electron chi connectivity index (χ2n) is 6.54. The number of hydrogen-bond donors (Lipinski definition) is 0. The van der Waals surface area contributed by atoms with Gasteiger partial charge in [0.2, 0.25) is 5.88 Å². The Hall–Kier alpha value is -2.64. The molecule has 0 N–H and O–H groups in total. The predicted octanol–water partition coefficient (Wildman–Crippen LogP) is 4.65. The molecule has 1 saturated heterocycles. The number of nitrogens with zero attached hydrogens (tertiary/aromatic N) is 4. The number of ether oxygens (including phenoxy) is 1. The first-order valence-electron chi connectivity index (χ1n) is 9.15. The molecule has 1 aliphatic heterocycles. The number of carbonyl (C=O) groups excluding carboxylic acids is 1. The number of aromatic nitrogens is 2. The van der Waals surface area contributed by atoms with Crippen LogP contribution in [0.25, 0.3) is 0 Å². The maximum atomic E-state index is 12.8. The van der Waals surface area contributed by atoms with Crippen molar-refractivity contribution in [3.8, 4) is 11.6 Å². The highest BCUT2D eigenvalue weighted by Crippen LogP contribution is 2.23. The molecule has 0 bridgehead atoms. The summed E-state index contributed by atoms with van der Waals surface area (Å²) in [6.45, 7) is 2.64. The lowest BCUT2D eigenvalue weighted by Gasteiger charge is -2.35. The molecule has 0 aliphatic carbocycles. The van der Waals surface area contributed by atoms with Crippen LogP contribution in [0.3, 0.4) is 0 Å². The van der Waals surface area contributed by atoms with E-state index in [1.165, 1.54) is 0 Å². The van der Waals surface area contributed by atoms with E-state index in [0.717, 1.165) is 10.3 Å². The number of amides is 1. The predicted molar refractivity (Wildman–Crippen MR) is 116 cm³/mol. The van der Waals surface area contributed by atoms with Crippen LogP contribution < -0.4 is 9.64 Å². The molecule has 1 amide bonds. The van der Waals surface area contributed by atoms with Gasteiger partial charge in [-0.2, -0.15) is 0 Å². The Morgan fingerprint density at radius 3 is 2.52 bits per heavy atom. The highest BCUT2D eigenvalue weighted by atomic mass is 79.9. The van der Waals surface area contributed by atoms with Gasteiger partial charge in [0, 0.05) is 42.9 Å². The average Bonchev–Trinajstić information content (AvgIpc) is 2.74. The van der Waals surface area contributed by atoms with E-state index >= 15 is 0 Å². The summed E-state index contributed by atoms with van der Waals surface area (Å²) in [6, 6.07) is 16.5. The largest absolute Gasteiger partial charge is 0.439 e. The Morgan fingerprint density at radius 1 is 1.03 bits per heavy atom. The van der Waals surface area contributed by atoms with Crippen LogP contribution in [-0.4, -0.2) is 47.0 Å². The fraction of sp³-hybridized carbons (Fsp3) is 0.190. The third kappa shape index (κ3) is 4.86. The van der Waals surface area contributed by atoms with Gasteiger partial charge in [0.15, 0.2) is 0 Å². The van der Waals surface area contributed by atoms with E-state index in [1.54, 1.807) is 24.4 Å². The molecule has 148 valence electrons. The number of anilines is 1. The molecule has 0 saturated carbocycles. The van der Waals surface area contributed by atoms with E-state index in [0.29, 0.717) is 48.5 Å².